The Labute approximate surface area is 134 Å². The molecule has 6 heteroatoms. The highest BCUT2D eigenvalue weighted by Crippen LogP contribution is 2.19. The Balaban J connectivity index is 1.49. The van der Waals surface area contributed by atoms with Crippen molar-refractivity contribution in [1.29, 1.82) is 0 Å². The fourth-order valence-corrected chi connectivity index (χ4v) is 3.57. The van der Waals surface area contributed by atoms with E-state index in [0.717, 1.165) is 43.1 Å². The summed E-state index contributed by atoms with van der Waals surface area (Å²) < 4.78 is 5.21. The molecule has 0 bridgehead atoms. The van der Waals surface area contributed by atoms with Crippen LogP contribution in [0.25, 0.3) is 0 Å². The molecule has 0 saturated carbocycles. The summed E-state index contributed by atoms with van der Waals surface area (Å²) in [6.07, 6.45) is 1.47. The summed E-state index contributed by atoms with van der Waals surface area (Å²) in [4.78, 5) is 14.4. The number of nitrogens with one attached hydrogen (secondary N) is 1. The van der Waals surface area contributed by atoms with Crippen LogP contribution in [0.2, 0.25) is 0 Å². The van der Waals surface area contributed by atoms with Crippen molar-refractivity contribution in [1.82, 2.24) is 15.4 Å². The van der Waals surface area contributed by atoms with Crippen molar-refractivity contribution in [2.24, 2.45) is 0 Å². The van der Waals surface area contributed by atoms with Crippen LogP contribution in [0.4, 0.5) is 0 Å². The first kappa shape index (κ1) is 15.2. The van der Waals surface area contributed by atoms with Gasteiger partial charge in [0.1, 0.15) is 5.76 Å². The molecule has 0 radical (unpaired) electrons. The van der Waals surface area contributed by atoms with Crippen LogP contribution in [0, 0.1) is 13.8 Å². The number of carbonyl (C=O) groups is 1. The maximum absolute atomic E-state index is 12.0. The van der Waals surface area contributed by atoms with E-state index in [4.69, 9.17) is 4.52 Å². The maximum Gasteiger partial charge on any atom is 0.224 e. The summed E-state index contributed by atoms with van der Waals surface area (Å²) in [5, 5.41) is 11.2. The van der Waals surface area contributed by atoms with Gasteiger partial charge in [0.2, 0.25) is 5.91 Å². The zero-order valence-corrected chi connectivity index (χ0v) is 13.8. The van der Waals surface area contributed by atoms with E-state index in [2.05, 4.69) is 15.4 Å². The quantitative estimate of drug-likeness (QED) is 0.918. The molecule has 1 atom stereocenters. The average Bonchev–Trinajstić information content (AvgIpc) is 3.19. The zero-order chi connectivity index (χ0) is 15.5. The third-order valence-electron chi connectivity index (χ3n) is 4.15. The van der Waals surface area contributed by atoms with Crippen molar-refractivity contribution in [2.45, 2.75) is 39.3 Å². The Morgan fingerprint density at radius 1 is 1.55 bits per heavy atom. The van der Waals surface area contributed by atoms with Crippen molar-refractivity contribution >= 4 is 17.2 Å². The predicted molar refractivity (Wildman–Crippen MR) is 85.8 cm³/mol. The largest absolute Gasteiger partial charge is 0.361 e. The molecule has 1 fully saturated rings. The topological polar surface area (TPSA) is 58.4 Å². The summed E-state index contributed by atoms with van der Waals surface area (Å²) >= 11 is 1.63. The van der Waals surface area contributed by atoms with Gasteiger partial charge in [0.25, 0.3) is 0 Å². The number of likely N-dealkylation sites (tertiary alicyclic amines) is 1. The average molecular weight is 319 g/mol. The van der Waals surface area contributed by atoms with Gasteiger partial charge in [-0.2, -0.15) is 11.3 Å². The van der Waals surface area contributed by atoms with E-state index in [1.807, 2.05) is 30.7 Å². The molecule has 1 N–H and O–H groups in total. The van der Waals surface area contributed by atoms with Crippen LogP contribution in [-0.4, -0.2) is 35.1 Å². The van der Waals surface area contributed by atoms with Gasteiger partial charge in [0.15, 0.2) is 0 Å². The Kier molecular flexibility index (Phi) is 4.59. The third-order valence-corrected chi connectivity index (χ3v) is 4.88. The molecule has 3 rings (SSSR count). The first-order valence-corrected chi connectivity index (χ1v) is 8.50. The number of hydrogen-bond donors (Lipinski definition) is 1. The monoisotopic (exact) mass is 319 g/mol. The first-order valence-electron chi connectivity index (χ1n) is 7.56. The van der Waals surface area contributed by atoms with Gasteiger partial charge in [-0.05, 0) is 42.7 Å². The SMILES string of the molecule is Cc1noc(C)c1CN1CCC(NC(=O)Cc2ccsc2)C1. The summed E-state index contributed by atoms with van der Waals surface area (Å²) in [6.45, 7) is 6.65. The normalized spacial score (nSPS) is 18.7. The van der Waals surface area contributed by atoms with Crippen molar-refractivity contribution in [2.75, 3.05) is 13.1 Å². The number of aryl methyl sites for hydroxylation is 2. The molecule has 2 aromatic heterocycles. The number of nitrogens with zero attached hydrogens (tertiary/aromatic N) is 2. The van der Waals surface area contributed by atoms with Crippen molar-refractivity contribution < 1.29 is 9.32 Å². The van der Waals surface area contributed by atoms with Gasteiger partial charge in [0, 0.05) is 31.2 Å². The van der Waals surface area contributed by atoms with Crippen LogP contribution in [0.15, 0.2) is 21.3 Å². The molecule has 2 aromatic rings. The Hall–Kier alpha value is -1.66. The number of aromatic nitrogens is 1. The fraction of sp³-hybridized carbons (Fsp3) is 0.500. The van der Waals surface area contributed by atoms with Crippen LogP contribution in [0.3, 0.4) is 0 Å². The third kappa shape index (κ3) is 3.56. The molecule has 0 spiro atoms. The number of rotatable bonds is 5. The Bertz CT molecular complexity index is 616. The molecule has 1 aliphatic rings. The van der Waals surface area contributed by atoms with Crippen LogP contribution >= 0.6 is 11.3 Å². The zero-order valence-electron chi connectivity index (χ0n) is 13.0. The number of carbonyl (C=O) groups excluding carboxylic acids is 1. The fourth-order valence-electron chi connectivity index (χ4n) is 2.90. The van der Waals surface area contributed by atoms with Crippen LogP contribution in [0.5, 0.6) is 0 Å². The molecule has 5 nitrogen and oxygen atoms in total. The molecule has 22 heavy (non-hydrogen) atoms. The van der Waals surface area contributed by atoms with Crippen LogP contribution in [0.1, 0.15) is 29.0 Å². The number of thiophene rings is 1. The lowest BCUT2D eigenvalue weighted by atomic mass is 10.2. The van der Waals surface area contributed by atoms with E-state index in [0.29, 0.717) is 6.42 Å². The van der Waals surface area contributed by atoms with E-state index in [1.165, 1.54) is 5.56 Å². The van der Waals surface area contributed by atoms with Crippen molar-refractivity contribution in [3.63, 3.8) is 0 Å². The summed E-state index contributed by atoms with van der Waals surface area (Å²) in [7, 11) is 0. The minimum Gasteiger partial charge on any atom is -0.361 e. The highest BCUT2D eigenvalue weighted by Gasteiger charge is 2.25. The Morgan fingerprint density at radius 3 is 3.09 bits per heavy atom. The number of amides is 1. The van der Waals surface area contributed by atoms with Gasteiger partial charge in [-0.15, -0.1) is 0 Å². The van der Waals surface area contributed by atoms with Gasteiger partial charge in [-0.25, -0.2) is 0 Å². The van der Waals surface area contributed by atoms with Crippen molar-refractivity contribution in [3.05, 3.63) is 39.4 Å². The van der Waals surface area contributed by atoms with E-state index < -0.39 is 0 Å². The lowest BCUT2D eigenvalue weighted by molar-refractivity contribution is -0.121. The molecule has 1 aliphatic heterocycles. The molecule has 1 amide bonds. The second-order valence-electron chi connectivity index (χ2n) is 5.90. The molecule has 118 valence electrons. The van der Waals surface area contributed by atoms with E-state index >= 15 is 0 Å². The number of hydrogen-bond acceptors (Lipinski definition) is 5. The summed E-state index contributed by atoms with van der Waals surface area (Å²) in [5.74, 6) is 1.00. The molecular weight excluding hydrogens is 298 g/mol. The van der Waals surface area contributed by atoms with Gasteiger partial charge >= 0.3 is 0 Å². The lowest BCUT2D eigenvalue weighted by Crippen LogP contribution is -2.37. The van der Waals surface area contributed by atoms with Gasteiger partial charge < -0.3 is 9.84 Å². The molecule has 0 aliphatic carbocycles. The van der Waals surface area contributed by atoms with Gasteiger partial charge in [0.05, 0.1) is 12.1 Å². The second kappa shape index (κ2) is 6.62. The summed E-state index contributed by atoms with van der Waals surface area (Å²) in [5.41, 5.74) is 3.22. The maximum atomic E-state index is 12.0. The standard InChI is InChI=1S/C16H21N3O2S/c1-11-15(12(2)21-18-11)9-19-5-3-14(8-19)17-16(20)7-13-4-6-22-10-13/h4,6,10,14H,3,5,7-9H2,1-2H3,(H,17,20). The molecule has 3 heterocycles. The second-order valence-corrected chi connectivity index (χ2v) is 6.68. The van der Waals surface area contributed by atoms with Crippen molar-refractivity contribution in [3.8, 4) is 0 Å². The minimum atomic E-state index is 0.114. The molecule has 1 saturated heterocycles. The van der Waals surface area contributed by atoms with E-state index in [-0.39, 0.29) is 11.9 Å². The molecule has 0 aromatic carbocycles. The van der Waals surface area contributed by atoms with Crippen LogP contribution < -0.4 is 5.32 Å². The van der Waals surface area contributed by atoms with Crippen LogP contribution in [-0.2, 0) is 17.8 Å². The minimum absolute atomic E-state index is 0.114. The Morgan fingerprint density at radius 2 is 2.41 bits per heavy atom. The predicted octanol–water partition coefficient (Wildman–Crippen LogP) is 2.29. The highest BCUT2D eigenvalue weighted by molar-refractivity contribution is 7.07. The first-order chi connectivity index (χ1) is 10.6. The summed E-state index contributed by atoms with van der Waals surface area (Å²) in [6, 6.07) is 2.24. The molecular formula is C16H21N3O2S. The molecule has 1 unspecified atom stereocenters. The van der Waals surface area contributed by atoms with Gasteiger partial charge in [-0.3, -0.25) is 9.69 Å². The van der Waals surface area contributed by atoms with Gasteiger partial charge in [-0.1, -0.05) is 5.16 Å². The lowest BCUT2D eigenvalue weighted by Gasteiger charge is -2.16. The van der Waals surface area contributed by atoms with E-state index in [1.54, 1.807) is 11.3 Å². The van der Waals surface area contributed by atoms with E-state index in [9.17, 15) is 4.79 Å². The highest BCUT2D eigenvalue weighted by atomic mass is 32.1. The smallest absolute Gasteiger partial charge is 0.224 e.